The van der Waals surface area contributed by atoms with E-state index in [9.17, 15) is 13.2 Å². The summed E-state index contributed by atoms with van der Waals surface area (Å²) in [5.74, 6) is -1.17. The SMILES string of the molecule is CS(=O)(=O)NCCNc1c(Cl)cc(N)cc1C(=O)O. The Bertz CT molecular complexity index is 589. The van der Waals surface area contributed by atoms with Gasteiger partial charge in [-0.15, -0.1) is 0 Å². The minimum Gasteiger partial charge on any atom is -0.478 e. The summed E-state index contributed by atoms with van der Waals surface area (Å²) in [6.07, 6.45) is 1.03. The van der Waals surface area contributed by atoms with E-state index in [4.69, 9.17) is 22.4 Å². The average Bonchev–Trinajstić information content (AvgIpc) is 2.24. The molecule has 7 nitrogen and oxygen atoms in total. The molecule has 0 bridgehead atoms. The molecule has 1 aromatic rings. The van der Waals surface area contributed by atoms with E-state index in [1.165, 1.54) is 12.1 Å². The van der Waals surface area contributed by atoms with Gasteiger partial charge in [0.1, 0.15) is 0 Å². The number of sulfonamides is 1. The average molecular weight is 308 g/mol. The molecule has 0 aliphatic carbocycles. The maximum atomic E-state index is 11.1. The van der Waals surface area contributed by atoms with Crippen LogP contribution in [0.4, 0.5) is 11.4 Å². The molecule has 9 heteroatoms. The van der Waals surface area contributed by atoms with Gasteiger partial charge in [0.25, 0.3) is 0 Å². The van der Waals surface area contributed by atoms with Gasteiger partial charge in [-0.1, -0.05) is 11.6 Å². The summed E-state index contributed by atoms with van der Waals surface area (Å²) in [5, 5.41) is 12.0. The quantitative estimate of drug-likeness (QED) is 0.450. The highest BCUT2D eigenvalue weighted by atomic mass is 35.5. The molecule has 0 amide bonds. The summed E-state index contributed by atoms with van der Waals surface area (Å²) in [6, 6.07) is 2.70. The maximum Gasteiger partial charge on any atom is 0.337 e. The van der Waals surface area contributed by atoms with Gasteiger partial charge in [-0.05, 0) is 12.1 Å². The van der Waals surface area contributed by atoms with Crippen LogP contribution in [0.1, 0.15) is 10.4 Å². The van der Waals surface area contributed by atoms with Crippen LogP contribution >= 0.6 is 11.6 Å². The normalized spacial score (nSPS) is 11.3. The monoisotopic (exact) mass is 307 g/mol. The number of hydrogen-bond acceptors (Lipinski definition) is 5. The van der Waals surface area contributed by atoms with Gasteiger partial charge < -0.3 is 16.2 Å². The lowest BCUT2D eigenvalue weighted by atomic mass is 10.1. The second kappa shape index (κ2) is 6.09. The topological polar surface area (TPSA) is 122 Å². The number of carboxylic acid groups (broad SMARTS) is 1. The van der Waals surface area contributed by atoms with Gasteiger partial charge in [0.05, 0.1) is 22.5 Å². The zero-order chi connectivity index (χ0) is 14.6. The van der Waals surface area contributed by atoms with Crippen molar-refractivity contribution in [1.29, 1.82) is 0 Å². The Balaban J connectivity index is 2.80. The van der Waals surface area contributed by atoms with Crippen molar-refractivity contribution in [2.24, 2.45) is 0 Å². The van der Waals surface area contributed by atoms with Gasteiger partial charge in [0, 0.05) is 18.8 Å². The highest BCUT2D eigenvalue weighted by Crippen LogP contribution is 2.29. The first-order valence-electron chi connectivity index (χ1n) is 5.21. The van der Waals surface area contributed by atoms with Crippen LogP contribution in [0.2, 0.25) is 5.02 Å². The second-order valence-electron chi connectivity index (χ2n) is 3.82. The Labute approximate surface area is 115 Å². The van der Waals surface area contributed by atoms with Crippen molar-refractivity contribution >= 4 is 39.0 Å². The highest BCUT2D eigenvalue weighted by Gasteiger charge is 2.14. The van der Waals surface area contributed by atoms with Crippen LogP contribution in [-0.4, -0.2) is 38.8 Å². The number of hydrogen-bond donors (Lipinski definition) is 4. The Morgan fingerprint density at radius 2 is 2.05 bits per heavy atom. The zero-order valence-electron chi connectivity index (χ0n) is 10.1. The number of rotatable bonds is 6. The number of carboxylic acids is 1. The lowest BCUT2D eigenvalue weighted by Gasteiger charge is -2.12. The molecule has 1 rings (SSSR count). The summed E-state index contributed by atoms with van der Waals surface area (Å²) in [4.78, 5) is 11.1. The van der Waals surface area contributed by atoms with Gasteiger partial charge in [0.15, 0.2) is 0 Å². The molecule has 1 aromatic carbocycles. The number of nitrogen functional groups attached to an aromatic ring is 1. The predicted molar refractivity (Wildman–Crippen MR) is 74.2 cm³/mol. The predicted octanol–water partition coefficient (Wildman–Crippen LogP) is 0.582. The zero-order valence-corrected chi connectivity index (χ0v) is 11.7. The van der Waals surface area contributed by atoms with Crippen LogP contribution in [-0.2, 0) is 10.0 Å². The number of anilines is 2. The van der Waals surface area contributed by atoms with Gasteiger partial charge in [0.2, 0.25) is 10.0 Å². The fourth-order valence-corrected chi connectivity index (χ4v) is 2.17. The number of benzene rings is 1. The van der Waals surface area contributed by atoms with Crippen molar-refractivity contribution in [1.82, 2.24) is 4.72 Å². The van der Waals surface area contributed by atoms with Gasteiger partial charge in [-0.25, -0.2) is 17.9 Å². The molecule has 106 valence electrons. The van der Waals surface area contributed by atoms with Crippen molar-refractivity contribution in [3.05, 3.63) is 22.7 Å². The number of nitrogens with two attached hydrogens (primary N) is 1. The van der Waals surface area contributed by atoms with E-state index in [2.05, 4.69) is 10.0 Å². The molecular weight excluding hydrogens is 294 g/mol. The van der Waals surface area contributed by atoms with Crippen molar-refractivity contribution in [3.63, 3.8) is 0 Å². The minimum atomic E-state index is -3.28. The number of halogens is 1. The van der Waals surface area contributed by atoms with E-state index in [0.717, 1.165) is 6.26 Å². The highest BCUT2D eigenvalue weighted by molar-refractivity contribution is 7.88. The summed E-state index contributed by atoms with van der Waals surface area (Å²) in [7, 11) is -3.28. The first-order valence-corrected chi connectivity index (χ1v) is 7.48. The smallest absolute Gasteiger partial charge is 0.337 e. The molecule has 0 spiro atoms. The van der Waals surface area contributed by atoms with E-state index in [1.807, 2.05) is 0 Å². The first-order chi connectivity index (χ1) is 8.70. The summed E-state index contributed by atoms with van der Waals surface area (Å²) >= 11 is 5.90. The second-order valence-corrected chi connectivity index (χ2v) is 6.06. The largest absolute Gasteiger partial charge is 0.478 e. The van der Waals surface area contributed by atoms with Crippen molar-refractivity contribution < 1.29 is 18.3 Å². The van der Waals surface area contributed by atoms with E-state index < -0.39 is 16.0 Å². The summed E-state index contributed by atoms with van der Waals surface area (Å²) in [6.45, 7) is 0.301. The number of aromatic carboxylic acids is 1. The van der Waals surface area contributed by atoms with Gasteiger partial charge in [-0.3, -0.25) is 0 Å². The minimum absolute atomic E-state index is 0.0654. The molecule has 0 unspecified atom stereocenters. The van der Waals surface area contributed by atoms with Crippen LogP contribution in [0, 0.1) is 0 Å². The van der Waals surface area contributed by atoms with Gasteiger partial charge in [-0.2, -0.15) is 0 Å². The number of nitrogens with one attached hydrogen (secondary N) is 2. The summed E-state index contributed by atoms with van der Waals surface area (Å²) < 4.78 is 24.0. The Kier molecular flexibility index (Phi) is 4.98. The van der Waals surface area contributed by atoms with Crippen molar-refractivity contribution in [2.75, 3.05) is 30.4 Å². The van der Waals surface area contributed by atoms with Crippen molar-refractivity contribution in [2.45, 2.75) is 0 Å². The van der Waals surface area contributed by atoms with E-state index in [0.29, 0.717) is 0 Å². The lowest BCUT2D eigenvalue weighted by molar-refractivity contribution is 0.0698. The molecule has 19 heavy (non-hydrogen) atoms. The van der Waals surface area contributed by atoms with Gasteiger partial charge >= 0.3 is 5.97 Å². The molecule has 0 fully saturated rings. The molecule has 0 aliphatic rings. The third kappa shape index (κ3) is 4.93. The molecule has 0 aliphatic heterocycles. The Morgan fingerprint density at radius 1 is 1.42 bits per heavy atom. The van der Waals surface area contributed by atoms with E-state index >= 15 is 0 Å². The number of carbonyl (C=O) groups is 1. The summed E-state index contributed by atoms with van der Waals surface area (Å²) in [5.41, 5.74) is 5.89. The maximum absolute atomic E-state index is 11.1. The third-order valence-electron chi connectivity index (χ3n) is 2.13. The van der Waals surface area contributed by atoms with Crippen LogP contribution in [0.3, 0.4) is 0 Å². The molecule has 0 heterocycles. The Morgan fingerprint density at radius 3 is 2.58 bits per heavy atom. The van der Waals surface area contributed by atoms with Crippen LogP contribution < -0.4 is 15.8 Å². The molecular formula is C10H14ClN3O4S. The van der Waals surface area contributed by atoms with Crippen LogP contribution in [0.25, 0.3) is 0 Å². The fourth-order valence-electron chi connectivity index (χ4n) is 1.40. The molecule has 0 aromatic heterocycles. The van der Waals surface area contributed by atoms with Crippen LogP contribution in [0.5, 0.6) is 0 Å². The van der Waals surface area contributed by atoms with E-state index in [-0.39, 0.29) is 35.1 Å². The molecule has 5 N–H and O–H groups in total. The van der Waals surface area contributed by atoms with Crippen LogP contribution in [0.15, 0.2) is 12.1 Å². The Hall–Kier alpha value is -1.51. The van der Waals surface area contributed by atoms with E-state index in [1.54, 1.807) is 0 Å². The molecule has 0 radical (unpaired) electrons. The third-order valence-corrected chi connectivity index (χ3v) is 3.16. The first kappa shape index (κ1) is 15.5. The molecule has 0 atom stereocenters. The van der Waals surface area contributed by atoms with Crippen molar-refractivity contribution in [3.8, 4) is 0 Å². The lowest BCUT2D eigenvalue weighted by Crippen LogP contribution is -2.28. The molecule has 0 saturated heterocycles. The molecule has 0 saturated carbocycles. The standard InChI is InChI=1S/C10H14ClN3O4S/c1-19(17,18)14-3-2-13-9-7(10(15)16)4-6(12)5-8(9)11/h4-5,13-14H,2-3,12H2,1H3,(H,15,16). The fraction of sp³-hybridized carbons (Fsp3) is 0.300.